The Bertz CT molecular complexity index is 66.7. The lowest BCUT2D eigenvalue weighted by Crippen LogP contribution is -2.17. The summed E-state index contributed by atoms with van der Waals surface area (Å²) in [5.41, 5.74) is 0. The Labute approximate surface area is 46.4 Å². The molecule has 42 valence electrons. The van der Waals surface area contributed by atoms with Crippen LogP contribution >= 0.6 is 12.6 Å². The molecule has 1 atom stereocenters. The molecule has 7 heavy (non-hydrogen) atoms. The van der Waals surface area contributed by atoms with E-state index in [4.69, 9.17) is 5.21 Å². The molecule has 1 N–H and O–H groups in total. The van der Waals surface area contributed by atoms with Gasteiger partial charge in [-0.2, -0.15) is 12.6 Å². The van der Waals surface area contributed by atoms with Crippen LogP contribution in [0.15, 0.2) is 5.29 Å². The minimum absolute atomic E-state index is 0.225. The van der Waals surface area contributed by atoms with Crippen molar-refractivity contribution in [3.8, 4) is 0 Å². The van der Waals surface area contributed by atoms with Crippen molar-refractivity contribution < 1.29 is 5.21 Å². The topological polar surface area (TPSA) is 52.9 Å². The zero-order valence-corrected chi connectivity index (χ0v) is 4.67. The van der Waals surface area contributed by atoms with Crippen LogP contribution in [0.25, 0.3) is 0 Å². The standard InChI is InChI=1S/C2H6N2O2S/c1-2(7)4(6)3-5/h2,6-7H,1H3. The molecule has 0 spiro atoms. The predicted molar refractivity (Wildman–Crippen MR) is 27.9 cm³/mol. The third-order valence-corrected chi connectivity index (χ3v) is 0.624. The summed E-state index contributed by atoms with van der Waals surface area (Å²) in [7, 11) is 0. The van der Waals surface area contributed by atoms with Gasteiger partial charge in [0.2, 0.25) is 0 Å². The lowest BCUT2D eigenvalue weighted by Gasteiger charge is -2.06. The van der Waals surface area contributed by atoms with Gasteiger partial charge < -0.3 is 0 Å². The molecule has 0 amide bonds. The highest BCUT2D eigenvalue weighted by Crippen LogP contribution is 1.96. The number of hydrogen-bond donors (Lipinski definition) is 2. The maximum atomic E-state index is 9.32. The van der Waals surface area contributed by atoms with E-state index in [-0.39, 0.29) is 5.17 Å². The molecule has 0 aromatic carbocycles. The average molecular weight is 122 g/mol. The fourth-order valence-electron chi connectivity index (χ4n) is 0.0682. The van der Waals surface area contributed by atoms with E-state index in [0.29, 0.717) is 0 Å². The summed E-state index contributed by atoms with van der Waals surface area (Å²) < 4.78 is 0. The van der Waals surface area contributed by atoms with Crippen molar-refractivity contribution in [2.75, 3.05) is 0 Å². The molecule has 0 aliphatic heterocycles. The molecular formula is C2H6N2O2S. The Morgan fingerprint density at radius 1 is 2.00 bits per heavy atom. The molecule has 5 heteroatoms. The van der Waals surface area contributed by atoms with Crippen molar-refractivity contribution in [3.63, 3.8) is 0 Å². The second kappa shape index (κ2) is 2.81. The molecule has 0 rings (SSSR count). The lowest BCUT2D eigenvalue weighted by atomic mass is 10.8. The normalized spacial score (nSPS) is 13.0. The van der Waals surface area contributed by atoms with Gasteiger partial charge in [-0.25, -0.2) is 0 Å². The summed E-state index contributed by atoms with van der Waals surface area (Å²) in [4.78, 5) is 9.32. The zero-order chi connectivity index (χ0) is 5.86. The first-order chi connectivity index (χ1) is 3.18. The van der Waals surface area contributed by atoms with Crippen LogP contribution in [0.3, 0.4) is 0 Å². The maximum Gasteiger partial charge on any atom is 0.118 e. The SMILES string of the molecule is CC(S)N(O)N=O. The molecule has 0 heterocycles. The number of nitroso groups, excluding NO2 is 1. The summed E-state index contributed by atoms with van der Waals surface area (Å²) in [5, 5.41) is 10.1. The Hall–Kier alpha value is -0.290. The van der Waals surface area contributed by atoms with Crippen LogP contribution in [-0.2, 0) is 0 Å². The molecule has 0 radical (unpaired) electrons. The second-order valence-corrected chi connectivity index (χ2v) is 1.78. The van der Waals surface area contributed by atoms with Crippen LogP contribution in [0, 0.1) is 4.91 Å². The Balaban J connectivity index is 3.33. The van der Waals surface area contributed by atoms with E-state index < -0.39 is 5.37 Å². The van der Waals surface area contributed by atoms with Crippen molar-refractivity contribution in [2.24, 2.45) is 5.29 Å². The second-order valence-electron chi connectivity index (χ2n) is 1.03. The van der Waals surface area contributed by atoms with E-state index in [9.17, 15) is 4.91 Å². The van der Waals surface area contributed by atoms with Crippen LogP contribution < -0.4 is 0 Å². The minimum Gasteiger partial charge on any atom is -0.268 e. The first-order valence-corrected chi connectivity index (χ1v) is 2.19. The van der Waals surface area contributed by atoms with Crippen molar-refractivity contribution in [1.82, 2.24) is 5.17 Å². The van der Waals surface area contributed by atoms with Crippen molar-refractivity contribution >= 4 is 12.6 Å². The first kappa shape index (κ1) is 6.71. The highest BCUT2D eigenvalue weighted by molar-refractivity contribution is 7.80. The molecule has 0 saturated heterocycles. The van der Waals surface area contributed by atoms with Gasteiger partial charge in [-0.05, 0) is 6.92 Å². The van der Waals surface area contributed by atoms with Gasteiger partial charge in [0.1, 0.15) is 5.37 Å². The van der Waals surface area contributed by atoms with Gasteiger partial charge >= 0.3 is 0 Å². The fourth-order valence-corrected chi connectivity index (χ4v) is 0.110. The third-order valence-electron chi connectivity index (χ3n) is 0.418. The molecule has 0 bridgehead atoms. The summed E-state index contributed by atoms with van der Waals surface area (Å²) in [6.07, 6.45) is 0. The fraction of sp³-hybridized carbons (Fsp3) is 1.00. The summed E-state index contributed by atoms with van der Waals surface area (Å²) in [6.45, 7) is 1.52. The molecule has 0 aromatic heterocycles. The number of nitrogens with zero attached hydrogens (tertiary/aromatic N) is 2. The van der Waals surface area contributed by atoms with Crippen molar-refractivity contribution in [2.45, 2.75) is 12.3 Å². The molecule has 0 aliphatic carbocycles. The van der Waals surface area contributed by atoms with Crippen LogP contribution in [0.2, 0.25) is 0 Å². The molecule has 0 aliphatic rings. The van der Waals surface area contributed by atoms with Gasteiger partial charge in [0.15, 0.2) is 0 Å². The summed E-state index contributed by atoms with van der Waals surface area (Å²) >= 11 is 3.66. The largest absolute Gasteiger partial charge is 0.268 e. The van der Waals surface area contributed by atoms with Gasteiger partial charge in [0.05, 0.1) is 5.29 Å². The number of thiol groups is 1. The molecule has 4 nitrogen and oxygen atoms in total. The van der Waals surface area contributed by atoms with E-state index >= 15 is 0 Å². The van der Waals surface area contributed by atoms with E-state index in [1.807, 2.05) is 0 Å². The van der Waals surface area contributed by atoms with E-state index in [2.05, 4.69) is 17.9 Å². The average Bonchev–Trinajstić information content (AvgIpc) is 1.65. The van der Waals surface area contributed by atoms with Crippen molar-refractivity contribution in [1.29, 1.82) is 0 Å². The molecule has 0 saturated carbocycles. The van der Waals surface area contributed by atoms with E-state index in [1.165, 1.54) is 6.92 Å². The van der Waals surface area contributed by atoms with Gasteiger partial charge in [-0.1, -0.05) is 0 Å². The molecule has 0 fully saturated rings. The number of rotatable bonds is 2. The maximum absolute atomic E-state index is 9.32. The van der Waals surface area contributed by atoms with E-state index in [0.717, 1.165) is 0 Å². The van der Waals surface area contributed by atoms with Gasteiger partial charge in [-0.3, -0.25) is 5.21 Å². The quantitative estimate of drug-likeness (QED) is 0.244. The Morgan fingerprint density at radius 3 is 2.43 bits per heavy atom. The van der Waals surface area contributed by atoms with Gasteiger partial charge in [-0.15, -0.1) is 10.1 Å². The summed E-state index contributed by atoms with van der Waals surface area (Å²) in [5.74, 6) is 0. The van der Waals surface area contributed by atoms with Crippen LogP contribution in [0.1, 0.15) is 6.92 Å². The van der Waals surface area contributed by atoms with Gasteiger partial charge in [0, 0.05) is 0 Å². The minimum atomic E-state index is -0.530. The Morgan fingerprint density at radius 2 is 2.43 bits per heavy atom. The monoisotopic (exact) mass is 122 g/mol. The third kappa shape index (κ3) is 2.41. The Kier molecular flexibility index (Phi) is 2.70. The lowest BCUT2D eigenvalue weighted by molar-refractivity contribution is -0.0972. The zero-order valence-electron chi connectivity index (χ0n) is 3.77. The van der Waals surface area contributed by atoms with Crippen molar-refractivity contribution in [3.05, 3.63) is 4.91 Å². The summed E-state index contributed by atoms with van der Waals surface area (Å²) in [6, 6.07) is 0. The van der Waals surface area contributed by atoms with Crippen LogP contribution in [0.4, 0.5) is 0 Å². The molecule has 1 unspecified atom stereocenters. The highest BCUT2D eigenvalue weighted by atomic mass is 32.1. The molecular weight excluding hydrogens is 116 g/mol. The molecule has 0 aromatic rings. The number of hydrogen-bond acceptors (Lipinski definition) is 4. The predicted octanol–water partition coefficient (Wildman–Crippen LogP) is 0.635. The van der Waals surface area contributed by atoms with E-state index in [1.54, 1.807) is 0 Å². The smallest absolute Gasteiger partial charge is 0.118 e. The highest BCUT2D eigenvalue weighted by Gasteiger charge is 2.00. The van der Waals surface area contributed by atoms with Crippen LogP contribution in [-0.4, -0.2) is 15.8 Å². The van der Waals surface area contributed by atoms with Crippen LogP contribution in [0.5, 0.6) is 0 Å². The number of hydroxylamine groups is 1. The van der Waals surface area contributed by atoms with Gasteiger partial charge in [0.25, 0.3) is 0 Å². The first-order valence-electron chi connectivity index (χ1n) is 1.68.